The number of hydrogen-bond acceptors (Lipinski definition) is 8. The Hall–Kier alpha value is -4.39. The van der Waals surface area contributed by atoms with E-state index in [9.17, 15) is 22.8 Å². The van der Waals surface area contributed by atoms with Gasteiger partial charge in [0.1, 0.15) is 17.1 Å². The van der Waals surface area contributed by atoms with Crippen LogP contribution in [-0.2, 0) is 11.7 Å². The van der Waals surface area contributed by atoms with Crippen LogP contribution in [0.4, 0.5) is 24.8 Å². The highest BCUT2D eigenvalue weighted by Crippen LogP contribution is 2.57. The number of nitrogens with zero attached hydrogens (tertiary/aromatic N) is 4. The van der Waals surface area contributed by atoms with Crippen LogP contribution in [-0.4, -0.2) is 71.9 Å². The van der Waals surface area contributed by atoms with Gasteiger partial charge in [0.2, 0.25) is 11.8 Å². The lowest BCUT2D eigenvalue weighted by molar-refractivity contribution is -0.139. The second-order valence-corrected chi connectivity index (χ2v) is 13.0. The maximum Gasteiger partial charge on any atom is 0.423 e. The molecule has 2 aromatic carbocycles. The zero-order valence-corrected chi connectivity index (χ0v) is 25.8. The first-order valence-corrected chi connectivity index (χ1v) is 15.4. The summed E-state index contributed by atoms with van der Waals surface area (Å²) in [5.41, 5.74) is 0.493. The minimum atomic E-state index is -4.82. The van der Waals surface area contributed by atoms with Gasteiger partial charge in [-0.1, -0.05) is 12.1 Å². The van der Waals surface area contributed by atoms with Gasteiger partial charge in [0.15, 0.2) is 0 Å². The van der Waals surface area contributed by atoms with Crippen molar-refractivity contribution in [3.8, 4) is 17.4 Å². The molecule has 13 heteroatoms. The van der Waals surface area contributed by atoms with Crippen molar-refractivity contribution >= 4 is 23.5 Å². The van der Waals surface area contributed by atoms with Crippen LogP contribution in [0.1, 0.15) is 70.4 Å². The van der Waals surface area contributed by atoms with E-state index in [1.54, 1.807) is 36.2 Å². The number of nitrogens with one attached hydrogen (secondary N) is 2. The first-order valence-electron chi connectivity index (χ1n) is 15.4. The van der Waals surface area contributed by atoms with Crippen molar-refractivity contribution < 1.29 is 32.2 Å². The summed E-state index contributed by atoms with van der Waals surface area (Å²) in [6, 6.07) is 9.79. The number of ether oxygens (including phenoxy) is 2. The summed E-state index contributed by atoms with van der Waals surface area (Å²) in [5.74, 6) is -1.19. The Labute approximate surface area is 264 Å². The molecule has 1 saturated heterocycles. The monoisotopic (exact) mass is 636 g/mol. The van der Waals surface area contributed by atoms with Gasteiger partial charge in [-0.3, -0.25) is 9.59 Å². The average molecular weight is 637 g/mol. The van der Waals surface area contributed by atoms with Crippen LogP contribution in [0.15, 0.2) is 42.6 Å². The first kappa shape index (κ1) is 30.3. The molecule has 3 fully saturated rings. The van der Waals surface area contributed by atoms with E-state index in [1.165, 1.54) is 13.2 Å². The number of anilines is 2. The van der Waals surface area contributed by atoms with Crippen LogP contribution < -0.4 is 20.1 Å². The standard InChI is InChI=1S/C33H35F3N6O4/c1-41-17-31(18-41)11-9-20(10-12-31)38-27(43)19-7-8-23(25(15-19)45-3)39-30-37-16-22(33(34,35)36)28(40-30)46-24-6-4-5-21-26(24)29(44)42(2)32(21)13-14-32/h4-8,15-16,20H,9-14,17-18H2,1-3H3,(H,38,43)(H,37,39,40). The smallest absolute Gasteiger partial charge is 0.423 e. The molecule has 2 spiro atoms. The fraction of sp³-hybridized carbons (Fsp3) is 0.455. The highest BCUT2D eigenvalue weighted by Gasteiger charge is 2.57. The van der Waals surface area contributed by atoms with E-state index < -0.39 is 23.2 Å². The number of carbonyl (C=O) groups excluding carboxylic acids is 2. The summed E-state index contributed by atoms with van der Waals surface area (Å²) in [5, 5.41) is 6.02. The van der Waals surface area contributed by atoms with Crippen molar-refractivity contribution in [1.82, 2.24) is 25.1 Å². The fourth-order valence-electron chi connectivity index (χ4n) is 7.41. The maximum absolute atomic E-state index is 14.0. The van der Waals surface area contributed by atoms with Crippen LogP contribution in [0.5, 0.6) is 17.4 Å². The Kier molecular flexibility index (Phi) is 7.14. The number of rotatable bonds is 7. The lowest BCUT2D eigenvalue weighted by Crippen LogP contribution is -2.57. The molecule has 10 nitrogen and oxygen atoms in total. The zero-order valence-electron chi connectivity index (χ0n) is 25.8. The quantitative estimate of drug-likeness (QED) is 0.339. The van der Waals surface area contributed by atoms with Crippen molar-refractivity contribution in [1.29, 1.82) is 0 Å². The van der Waals surface area contributed by atoms with Gasteiger partial charge in [-0.25, -0.2) is 4.98 Å². The third-order valence-corrected chi connectivity index (χ3v) is 9.98. The lowest BCUT2D eigenvalue weighted by atomic mass is 9.67. The molecule has 4 aliphatic rings. The summed E-state index contributed by atoms with van der Waals surface area (Å²) in [4.78, 5) is 38.1. The van der Waals surface area contributed by atoms with E-state index in [2.05, 4.69) is 32.5 Å². The number of alkyl halides is 3. The molecule has 1 aromatic heterocycles. The number of likely N-dealkylation sites (tertiary alicyclic amines) is 1. The van der Waals surface area contributed by atoms with Crippen LogP contribution in [0.25, 0.3) is 0 Å². The Morgan fingerprint density at radius 3 is 2.43 bits per heavy atom. The molecule has 3 heterocycles. The van der Waals surface area contributed by atoms with Gasteiger partial charge in [0.05, 0.1) is 23.9 Å². The van der Waals surface area contributed by atoms with Gasteiger partial charge in [-0.2, -0.15) is 18.2 Å². The summed E-state index contributed by atoms with van der Waals surface area (Å²) < 4.78 is 53.3. The molecule has 2 amide bonds. The second-order valence-electron chi connectivity index (χ2n) is 13.0. The summed E-state index contributed by atoms with van der Waals surface area (Å²) in [7, 11) is 5.24. The van der Waals surface area contributed by atoms with Gasteiger partial charge in [0.25, 0.3) is 11.8 Å². The molecule has 2 aliphatic carbocycles. The molecule has 2 saturated carbocycles. The van der Waals surface area contributed by atoms with E-state index in [-0.39, 0.29) is 40.9 Å². The summed E-state index contributed by atoms with van der Waals surface area (Å²) >= 11 is 0. The minimum Gasteiger partial charge on any atom is -0.495 e. The Balaban J connectivity index is 1.10. The predicted octanol–water partition coefficient (Wildman–Crippen LogP) is 5.72. The first-order chi connectivity index (χ1) is 21.9. The average Bonchev–Trinajstić information content (AvgIpc) is 3.79. The molecule has 2 N–H and O–H groups in total. The number of fused-ring (bicyclic) bond motifs is 2. The number of aromatic nitrogens is 2. The van der Waals surface area contributed by atoms with Gasteiger partial charge >= 0.3 is 6.18 Å². The topological polar surface area (TPSA) is 109 Å². The van der Waals surface area contributed by atoms with Crippen molar-refractivity contribution in [2.45, 2.75) is 56.3 Å². The van der Waals surface area contributed by atoms with Crippen LogP contribution in [0.2, 0.25) is 0 Å². The normalized spacial score (nSPS) is 20.0. The van der Waals surface area contributed by atoms with E-state index in [0.717, 1.165) is 57.2 Å². The van der Waals surface area contributed by atoms with Crippen molar-refractivity contribution in [3.05, 3.63) is 64.8 Å². The number of amides is 2. The number of hydrogen-bond donors (Lipinski definition) is 2. The molecule has 242 valence electrons. The molecule has 46 heavy (non-hydrogen) atoms. The summed E-state index contributed by atoms with van der Waals surface area (Å²) in [6.07, 6.45) is 1.43. The molecular formula is C33H35F3N6O4. The highest BCUT2D eigenvalue weighted by atomic mass is 19.4. The van der Waals surface area contributed by atoms with E-state index >= 15 is 0 Å². The summed E-state index contributed by atoms with van der Waals surface area (Å²) in [6.45, 7) is 2.23. The SMILES string of the molecule is COc1cc(C(=O)NC2CCC3(CC2)CN(C)C3)ccc1Nc1ncc(C(F)(F)F)c(Oc2cccc3c2C(=O)N(C)C32CC2)n1. The molecule has 7 rings (SSSR count). The van der Waals surface area contributed by atoms with Gasteiger partial charge in [-0.05, 0) is 80.8 Å². The molecule has 0 atom stereocenters. The molecule has 0 radical (unpaired) electrons. The van der Waals surface area contributed by atoms with Crippen LogP contribution >= 0.6 is 0 Å². The predicted molar refractivity (Wildman–Crippen MR) is 162 cm³/mol. The zero-order chi connectivity index (χ0) is 32.4. The Morgan fingerprint density at radius 1 is 1.04 bits per heavy atom. The second kappa shape index (κ2) is 10.9. The van der Waals surface area contributed by atoms with Gasteiger partial charge in [-0.15, -0.1) is 0 Å². The molecule has 0 unspecified atom stereocenters. The van der Waals surface area contributed by atoms with E-state index in [1.807, 2.05) is 6.07 Å². The molecule has 0 bridgehead atoms. The van der Waals surface area contributed by atoms with Crippen molar-refractivity contribution in [2.24, 2.45) is 5.41 Å². The number of methoxy groups -OCH3 is 1. The molecular weight excluding hydrogens is 601 g/mol. The number of benzene rings is 2. The fourth-order valence-corrected chi connectivity index (χ4v) is 7.41. The number of halogens is 3. The lowest BCUT2D eigenvalue weighted by Gasteiger charge is -2.52. The maximum atomic E-state index is 14.0. The van der Waals surface area contributed by atoms with Crippen LogP contribution in [0, 0.1) is 5.41 Å². The number of carbonyl (C=O) groups is 2. The third kappa shape index (κ3) is 5.20. The Bertz CT molecular complexity index is 1710. The molecule has 3 aromatic rings. The van der Waals surface area contributed by atoms with Crippen LogP contribution in [0.3, 0.4) is 0 Å². The van der Waals surface area contributed by atoms with E-state index in [4.69, 9.17) is 9.47 Å². The largest absolute Gasteiger partial charge is 0.495 e. The minimum absolute atomic E-state index is 0.00520. The van der Waals surface area contributed by atoms with Gasteiger partial charge in [0, 0.05) is 37.9 Å². The highest BCUT2D eigenvalue weighted by molar-refractivity contribution is 6.03. The van der Waals surface area contributed by atoms with Crippen molar-refractivity contribution in [3.63, 3.8) is 0 Å². The van der Waals surface area contributed by atoms with Gasteiger partial charge < -0.3 is 29.9 Å². The molecule has 2 aliphatic heterocycles. The Morgan fingerprint density at radius 2 is 1.78 bits per heavy atom. The van der Waals surface area contributed by atoms with Crippen molar-refractivity contribution in [2.75, 3.05) is 39.6 Å². The van der Waals surface area contributed by atoms with E-state index in [0.29, 0.717) is 22.9 Å². The third-order valence-electron chi connectivity index (χ3n) is 9.98.